The summed E-state index contributed by atoms with van der Waals surface area (Å²) in [6.07, 6.45) is -0.304. The van der Waals surface area contributed by atoms with Crippen molar-refractivity contribution >= 4 is 7.68 Å². The van der Waals surface area contributed by atoms with E-state index in [2.05, 4.69) is 9.56 Å². The third-order valence-corrected chi connectivity index (χ3v) is 1.89. The van der Waals surface area contributed by atoms with Crippen molar-refractivity contribution in [1.82, 2.24) is 0 Å². The smallest absolute Gasteiger partial charge is 0.253 e. The van der Waals surface area contributed by atoms with Gasteiger partial charge in [0.05, 0.1) is 6.10 Å². The molecule has 0 bridgehead atoms. The van der Waals surface area contributed by atoms with Crippen LogP contribution in [0.3, 0.4) is 0 Å². The molecular weight excluding hydrogens is 182 g/mol. The van der Waals surface area contributed by atoms with Crippen LogP contribution in [0.15, 0.2) is 0 Å². The molecule has 2 unspecified atom stereocenters. The fourth-order valence-electron chi connectivity index (χ4n) is 0.286. The minimum atomic E-state index is -4.01. The van der Waals surface area contributed by atoms with Gasteiger partial charge in [-0.3, -0.25) is 4.57 Å². The molecule has 0 aromatic carbocycles. The Hall–Kier alpha value is 0.0800. The van der Waals surface area contributed by atoms with E-state index < -0.39 is 7.68 Å². The second-order valence-electron chi connectivity index (χ2n) is 3.93. The van der Waals surface area contributed by atoms with Gasteiger partial charge in [-0.05, 0) is 12.3 Å². The largest absolute Gasteiger partial charge is 0.390 e. The Balaban J connectivity index is 3.89. The lowest BCUT2D eigenvalue weighted by Crippen LogP contribution is -2.25. The van der Waals surface area contributed by atoms with Gasteiger partial charge < -0.3 is 0 Å². The molecule has 0 aliphatic rings. The van der Waals surface area contributed by atoms with Gasteiger partial charge in [-0.25, -0.2) is 4.89 Å². The summed E-state index contributed by atoms with van der Waals surface area (Å²) >= 11 is 0. The van der Waals surface area contributed by atoms with Gasteiger partial charge in [-0.2, -0.15) is 4.20 Å². The Morgan fingerprint density at radius 2 is 1.83 bits per heavy atom. The van der Waals surface area contributed by atoms with Crippen LogP contribution in [0.4, 0.5) is 4.20 Å². The van der Waals surface area contributed by atoms with E-state index in [1.54, 1.807) is 6.92 Å². The predicted octanol–water partition coefficient (Wildman–Crippen LogP) is 3.16. The maximum absolute atomic E-state index is 12.3. The first-order chi connectivity index (χ1) is 5.13. The number of rotatable bonds is 3. The van der Waals surface area contributed by atoms with Gasteiger partial charge in [0, 0.05) is 6.66 Å². The van der Waals surface area contributed by atoms with Crippen molar-refractivity contribution in [1.29, 1.82) is 0 Å². The van der Waals surface area contributed by atoms with Crippen LogP contribution >= 0.6 is 7.68 Å². The molecule has 0 aliphatic heterocycles. The van der Waals surface area contributed by atoms with Gasteiger partial charge in [0.25, 0.3) is 0 Å². The molecule has 0 saturated carbocycles. The molecule has 0 fully saturated rings. The maximum Gasteiger partial charge on any atom is 0.390 e. The summed E-state index contributed by atoms with van der Waals surface area (Å²) in [5.74, 6) is 0. The first kappa shape index (κ1) is 12.1. The number of hydrogen-bond donors (Lipinski definition) is 0. The van der Waals surface area contributed by atoms with Crippen molar-refractivity contribution in [2.24, 2.45) is 5.41 Å². The molecule has 0 saturated heterocycles. The molecule has 3 nitrogen and oxygen atoms in total. The lowest BCUT2D eigenvalue weighted by atomic mass is 9.91. The van der Waals surface area contributed by atoms with Crippen LogP contribution < -0.4 is 0 Å². The van der Waals surface area contributed by atoms with Crippen molar-refractivity contribution in [3.05, 3.63) is 0 Å². The second kappa shape index (κ2) is 3.86. The van der Waals surface area contributed by atoms with Gasteiger partial charge in [0.15, 0.2) is 0 Å². The molecule has 0 aromatic rings. The number of hydrogen-bond acceptors (Lipinski definition) is 3. The van der Waals surface area contributed by atoms with Gasteiger partial charge in [-0.15, -0.1) is 4.67 Å². The van der Waals surface area contributed by atoms with Gasteiger partial charge in [-0.1, -0.05) is 20.8 Å². The van der Waals surface area contributed by atoms with Crippen LogP contribution in [0.25, 0.3) is 0 Å². The van der Waals surface area contributed by atoms with Crippen molar-refractivity contribution in [3.8, 4) is 0 Å². The first-order valence-electron chi connectivity index (χ1n) is 3.75. The third kappa shape index (κ3) is 5.70. The summed E-state index contributed by atoms with van der Waals surface area (Å²) in [6.45, 7) is 8.34. The normalized spacial score (nSPS) is 20.2. The predicted molar refractivity (Wildman–Crippen MR) is 45.7 cm³/mol. The van der Waals surface area contributed by atoms with Crippen LogP contribution in [0.1, 0.15) is 27.7 Å². The summed E-state index contributed by atoms with van der Waals surface area (Å²) in [5, 5.41) is 0. The quantitative estimate of drug-likeness (QED) is 0.397. The molecule has 0 heterocycles. The molecule has 5 heteroatoms. The summed E-state index contributed by atoms with van der Waals surface area (Å²) in [4.78, 5) is 4.63. The topological polar surface area (TPSA) is 35.5 Å². The van der Waals surface area contributed by atoms with E-state index in [0.29, 0.717) is 0 Å². The molecule has 2 atom stereocenters. The van der Waals surface area contributed by atoms with Gasteiger partial charge in [0.1, 0.15) is 0 Å². The molecule has 0 rings (SSSR count). The molecule has 0 radical (unpaired) electrons. The Morgan fingerprint density at radius 1 is 1.42 bits per heavy atom. The van der Waals surface area contributed by atoms with Crippen LogP contribution in [0, 0.1) is 5.41 Å². The van der Waals surface area contributed by atoms with Crippen LogP contribution in [-0.4, -0.2) is 12.8 Å². The van der Waals surface area contributed by atoms with E-state index in [9.17, 15) is 8.76 Å². The molecule has 74 valence electrons. The fourth-order valence-corrected chi connectivity index (χ4v) is 0.569. The van der Waals surface area contributed by atoms with Gasteiger partial charge >= 0.3 is 7.68 Å². The van der Waals surface area contributed by atoms with Crippen LogP contribution in [-0.2, 0) is 14.1 Å². The zero-order chi connectivity index (χ0) is 9.99. The summed E-state index contributed by atoms with van der Waals surface area (Å²) < 4.78 is 26.9. The van der Waals surface area contributed by atoms with E-state index in [4.69, 9.17) is 0 Å². The highest BCUT2D eigenvalue weighted by Crippen LogP contribution is 2.45. The average Bonchev–Trinajstić information content (AvgIpc) is 1.78. The molecule has 12 heavy (non-hydrogen) atoms. The highest BCUT2D eigenvalue weighted by Gasteiger charge is 2.25. The molecular formula is C7H16FO3P. The summed E-state index contributed by atoms with van der Waals surface area (Å²) in [5.41, 5.74) is -0.158. The lowest BCUT2D eigenvalue weighted by Gasteiger charge is -2.25. The summed E-state index contributed by atoms with van der Waals surface area (Å²) in [7, 11) is -4.01. The Labute approximate surface area is 72.7 Å². The molecule has 0 spiro atoms. The monoisotopic (exact) mass is 198 g/mol. The number of halogens is 1. The minimum Gasteiger partial charge on any atom is -0.253 e. The highest BCUT2D eigenvalue weighted by atomic mass is 31.2. The van der Waals surface area contributed by atoms with Gasteiger partial charge in [0.2, 0.25) is 0 Å². The standard InChI is InChI=1S/C7H16FO3P/c1-6(7(2,3)4)10-11-12(5,8)9/h6H,1-5H3. The van der Waals surface area contributed by atoms with E-state index in [-0.39, 0.29) is 11.5 Å². The van der Waals surface area contributed by atoms with E-state index in [0.717, 1.165) is 6.66 Å². The third-order valence-electron chi connectivity index (χ3n) is 1.54. The summed E-state index contributed by atoms with van der Waals surface area (Å²) in [6, 6.07) is 0. The SMILES string of the molecule is CC(OOP(C)(=O)F)C(C)(C)C. The van der Waals surface area contributed by atoms with E-state index in [1.165, 1.54) is 0 Å². The average molecular weight is 198 g/mol. The molecule has 0 N–H and O–H groups in total. The maximum atomic E-state index is 12.3. The van der Waals surface area contributed by atoms with Crippen molar-refractivity contribution in [2.75, 3.05) is 6.66 Å². The molecule has 0 aromatic heterocycles. The highest BCUT2D eigenvalue weighted by molar-refractivity contribution is 7.52. The van der Waals surface area contributed by atoms with Crippen molar-refractivity contribution in [2.45, 2.75) is 33.8 Å². The zero-order valence-electron chi connectivity index (χ0n) is 8.13. The van der Waals surface area contributed by atoms with Crippen LogP contribution in [0.2, 0.25) is 0 Å². The Morgan fingerprint density at radius 3 is 2.08 bits per heavy atom. The van der Waals surface area contributed by atoms with E-state index >= 15 is 0 Å². The van der Waals surface area contributed by atoms with Crippen molar-refractivity contribution < 1.29 is 18.3 Å². The molecule has 0 aliphatic carbocycles. The zero-order valence-corrected chi connectivity index (χ0v) is 9.02. The van der Waals surface area contributed by atoms with Crippen LogP contribution in [0.5, 0.6) is 0 Å². The molecule has 0 amide bonds. The van der Waals surface area contributed by atoms with Crippen molar-refractivity contribution in [3.63, 3.8) is 0 Å². The fraction of sp³-hybridized carbons (Fsp3) is 1.00. The second-order valence-corrected chi connectivity index (χ2v) is 5.57. The minimum absolute atomic E-state index is 0.158. The Kier molecular flexibility index (Phi) is 3.88. The first-order valence-corrected chi connectivity index (χ1v) is 5.71. The Bertz CT molecular complexity index is 182. The lowest BCUT2D eigenvalue weighted by molar-refractivity contribution is -0.264. The van der Waals surface area contributed by atoms with E-state index in [1.807, 2.05) is 20.8 Å².